The zero-order valence-corrected chi connectivity index (χ0v) is 21.2. The minimum atomic E-state index is -4.00. The smallest absolute Gasteiger partial charge is 0.431 e. The van der Waals surface area contributed by atoms with E-state index >= 15 is 0 Å². The molecule has 2 unspecified atom stereocenters. The predicted octanol–water partition coefficient (Wildman–Crippen LogP) is 4.40. The molecule has 2 N–H and O–H groups in total. The molecule has 2 atom stereocenters. The topological polar surface area (TPSA) is 146 Å². The largest absolute Gasteiger partial charge is 0.510 e. The molecule has 1 aliphatic rings. The lowest BCUT2D eigenvalue weighted by Gasteiger charge is -2.30. The van der Waals surface area contributed by atoms with Crippen LogP contribution in [0.5, 0.6) is 0 Å². The second-order valence-corrected chi connectivity index (χ2v) is 11.3. The van der Waals surface area contributed by atoms with Crippen LogP contribution >= 0.6 is 7.82 Å². The summed E-state index contributed by atoms with van der Waals surface area (Å²) in [5.41, 5.74) is 5.81. The summed E-state index contributed by atoms with van der Waals surface area (Å²) in [6.07, 6.45) is 1.26. The third-order valence-electron chi connectivity index (χ3n) is 4.49. The first-order valence-corrected chi connectivity index (χ1v) is 12.4. The summed E-state index contributed by atoms with van der Waals surface area (Å²) in [6, 6.07) is 3.72. The highest BCUT2D eigenvalue weighted by Crippen LogP contribution is 2.55. The Balaban J connectivity index is 1.46. The van der Waals surface area contributed by atoms with Crippen LogP contribution < -0.4 is 5.73 Å². The first kappa shape index (κ1) is 26.4. The quantitative estimate of drug-likeness (QED) is 0.313. The fourth-order valence-electron chi connectivity index (χ4n) is 3.35. The van der Waals surface area contributed by atoms with Crippen molar-refractivity contribution in [2.45, 2.75) is 77.8 Å². The third kappa shape index (κ3) is 7.38. The van der Waals surface area contributed by atoms with Crippen LogP contribution in [0.1, 0.15) is 66.2 Å². The van der Waals surface area contributed by atoms with Gasteiger partial charge >= 0.3 is 14.0 Å². The van der Waals surface area contributed by atoms with Gasteiger partial charge in [0.25, 0.3) is 0 Å². The Labute approximate surface area is 198 Å². The number of phosphoric acid groups is 1. The number of ether oxygens (including phenoxy) is 3. The average molecular weight is 500 g/mol. The highest BCUT2D eigenvalue weighted by atomic mass is 31.2. The molecule has 0 amide bonds. The van der Waals surface area contributed by atoms with Gasteiger partial charge in [0.05, 0.1) is 23.0 Å². The molecule has 0 saturated carbocycles. The zero-order chi connectivity index (χ0) is 25.1. The highest BCUT2D eigenvalue weighted by molar-refractivity contribution is 7.48. The predicted molar refractivity (Wildman–Crippen MR) is 122 cm³/mol. The summed E-state index contributed by atoms with van der Waals surface area (Å²) in [6.45, 7) is 9.57. The molecule has 0 spiro atoms. The molecule has 12 nitrogen and oxygen atoms in total. The lowest BCUT2D eigenvalue weighted by atomic mass is 10.1. The fourth-order valence-corrected chi connectivity index (χ4v) is 5.01. The molecule has 13 heteroatoms. The van der Waals surface area contributed by atoms with Gasteiger partial charge in [-0.1, -0.05) is 0 Å². The van der Waals surface area contributed by atoms with Gasteiger partial charge in [-0.2, -0.15) is 5.10 Å². The van der Waals surface area contributed by atoms with E-state index in [9.17, 15) is 9.36 Å². The summed E-state index contributed by atoms with van der Waals surface area (Å²) >= 11 is 0. The van der Waals surface area contributed by atoms with E-state index in [-0.39, 0.29) is 18.8 Å². The number of aromatic nitrogens is 3. The number of carbonyl (C=O) groups excluding carboxylic acids is 1. The molecular weight excluding hydrogens is 467 g/mol. The Hall–Kier alpha value is -2.24. The Morgan fingerprint density at radius 1 is 1.15 bits per heavy atom. The minimum Gasteiger partial charge on any atom is -0.431 e. The van der Waals surface area contributed by atoms with Crippen LogP contribution in [0.3, 0.4) is 0 Å². The molecule has 0 aromatic carbocycles. The van der Waals surface area contributed by atoms with Crippen LogP contribution in [0.15, 0.2) is 18.5 Å². The number of rotatable bonds is 8. The molecule has 0 aliphatic carbocycles. The molecule has 1 fully saturated rings. The molecule has 3 heterocycles. The van der Waals surface area contributed by atoms with Crippen LogP contribution in [0, 0.1) is 0 Å². The van der Waals surface area contributed by atoms with E-state index in [4.69, 9.17) is 33.5 Å². The van der Waals surface area contributed by atoms with Gasteiger partial charge in [0, 0.05) is 0 Å². The highest BCUT2D eigenvalue weighted by Gasteiger charge is 2.37. The van der Waals surface area contributed by atoms with Crippen LogP contribution in [-0.4, -0.2) is 51.5 Å². The molecule has 2 aromatic rings. The van der Waals surface area contributed by atoms with Crippen LogP contribution in [0.2, 0.25) is 0 Å². The van der Waals surface area contributed by atoms with Crippen LogP contribution in [0.25, 0.3) is 5.52 Å². The molecule has 0 bridgehead atoms. The van der Waals surface area contributed by atoms with Crippen molar-refractivity contribution in [3.8, 4) is 0 Å². The van der Waals surface area contributed by atoms with Gasteiger partial charge in [0.2, 0.25) is 6.79 Å². The van der Waals surface area contributed by atoms with Crippen molar-refractivity contribution in [2.75, 3.05) is 19.1 Å². The van der Waals surface area contributed by atoms with E-state index in [1.165, 1.54) is 6.33 Å². The fraction of sp³-hybridized carbons (Fsp3) is 0.667. The van der Waals surface area contributed by atoms with Crippen molar-refractivity contribution in [3.63, 3.8) is 0 Å². The second-order valence-electron chi connectivity index (χ2n) is 9.83. The molecule has 3 rings (SSSR count). The van der Waals surface area contributed by atoms with Gasteiger partial charge in [-0.3, -0.25) is 9.05 Å². The molecule has 1 saturated heterocycles. The molecule has 1 aliphatic heterocycles. The summed E-state index contributed by atoms with van der Waals surface area (Å²) in [5.74, 6) is 0.384. The zero-order valence-electron chi connectivity index (χ0n) is 20.3. The van der Waals surface area contributed by atoms with E-state index in [2.05, 4.69) is 10.1 Å². The van der Waals surface area contributed by atoms with Crippen molar-refractivity contribution in [1.29, 1.82) is 0 Å². The number of carbonyl (C=O) groups is 1. The Morgan fingerprint density at radius 2 is 1.82 bits per heavy atom. The second kappa shape index (κ2) is 10.2. The van der Waals surface area contributed by atoms with Crippen molar-refractivity contribution in [2.24, 2.45) is 0 Å². The number of nitrogens with zero attached hydrogens (tertiary/aromatic N) is 3. The molecule has 0 radical (unpaired) electrons. The monoisotopic (exact) mass is 500 g/mol. The maximum atomic E-state index is 12.9. The summed E-state index contributed by atoms with van der Waals surface area (Å²) < 4.78 is 46.7. The lowest BCUT2D eigenvalue weighted by Crippen LogP contribution is -2.25. The van der Waals surface area contributed by atoms with Crippen LogP contribution in [0.4, 0.5) is 10.6 Å². The van der Waals surface area contributed by atoms with Crippen LogP contribution in [-0.2, 0) is 32.3 Å². The van der Waals surface area contributed by atoms with E-state index < -0.39 is 32.0 Å². The Bertz CT molecular complexity index is 1030. The number of nitrogen functional groups attached to an aromatic ring is 1. The number of nitrogens with two attached hydrogens (primary N) is 1. The normalized spacial score (nSPS) is 19.5. The summed E-state index contributed by atoms with van der Waals surface area (Å²) in [4.78, 5) is 16.0. The van der Waals surface area contributed by atoms with Crippen molar-refractivity contribution >= 4 is 25.3 Å². The number of hydrogen-bond donors (Lipinski definition) is 1. The summed E-state index contributed by atoms with van der Waals surface area (Å²) in [5, 5.41) is 4.23. The molecule has 190 valence electrons. The Morgan fingerprint density at radius 3 is 2.47 bits per heavy atom. The van der Waals surface area contributed by atoms with Crippen molar-refractivity contribution in [3.05, 3.63) is 24.2 Å². The summed E-state index contributed by atoms with van der Waals surface area (Å²) in [7, 11) is -4.00. The van der Waals surface area contributed by atoms with Gasteiger partial charge in [-0.05, 0) is 66.5 Å². The van der Waals surface area contributed by atoms with Gasteiger partial charge in [-0.25, -0.2) is 23.4 Å². The van der Waals surface area contributed by atoms with Gasteiger partial charge < -0.3 is 19.9 Å². The number of fused-ring (bicyclic) bond motifs is 1. The molecular formula is C21H33N4O8P. The van der Waals surface area contributed by atoms with Gasteiger partial charge in [0.1, 0.15) is 24.6 Å². The van der Waals surface area contributed by atoms with Crippen molar-refractivity contribution < 1.29 is 37.1 Å². The maximum Gasteiger partial charge on any atom is 0.510 e. The average Bonchev–Trinajstić information content (AvgIpc) is 3.30. The van der Waals surface area contributed by atoms with E-state index in [0.717, 1.165) is 12.1 Å². The maximum absolute atomic E-state index is 12.9. The number of phosphoric ester groups is 1. The van der Waals surface area contributed by atoms with Crippen molar-refractivity contribution in [1.82, 2.24) is 14.6 Å². The molecule has 2 aromatic heterocycles. The minimum absolute atomic E-state index is 0.00952. The standard InChI is InChI=1S/C21H33N4O8P/c1-20(2,3)32-34(27,33-21(4,5)6)30-13-29-19(26)28-11-14-7-10-17(31-14)15-8-9-16-18(22)23-12-24-25(15)16/h8-9,12,14,17H,7,10-11,13H2,1-6H3,(H2,22,23,24). The Kier molecular flexibility index (Phi) is 7.89. The number of hydrogen-bond acceptors (Lipinski definition) is 11. The lowest BCUT2D eigenvalue weighted by molar-refractivity contribution is -0.0546. The van der Waals surface area contributed by atoms with E-state index in [1.54, 1.807) is 46.1 Å². The SMILES string of the molecule is CC(C)(C)OP(=O)(OCOC(=O)OCC1CCC(c2ccc3c(N)ncnn23)O1)OC(C)(C)C. The first-order chi connectivity index (χ1) is 15.7. The first-order valence-electron chi connectivity index (χ1n) is 10.9. The molecule has 34 heavy (non-hydrogen) atoms. The number of anilines is 1. The third-order valence-corrected chi connectivity index (χ3v) is 6.46. The van der Waals surface area contributed by atoms with E-state index in [0.29, 0.717) is 17.8 Å². The van der Waals surface area contributed by atoms with E-state index in [1.807, 2.05) is 12.1 Å². The van der Waals surface area contributed by atoms with Gasteiger partial charge in [-0.15, -0.1) is 0 Å². The van der Waals surface area contributed by atoms with Gasteiger partial charge in [0.15, 0.2) is 5.82 Å².